The summed E-state index contributed by atoms with van der Waals surface area (Å²) in [5.41, 5.74) is 0. The molecule has 0 aromatic carbocycles. The third kappa shape index (κ3) is 1.57. The smallest absolute Gasteiger partial charge is 0.125 e. The van der Waals surface area contributed by atoms with E-state index >= 15 is 0 Å². The van der Waals surface area contributed by atoms with E-state index in [2.05, 4.69) is 23.7 Å². The summed E-state index contributed by atoms with van der Waals surface area (Å²) in [5.74, 6) is 1.86. The van der Waals surface area contributed by atoms with Gasteiger partial charge in [0.2, 0.25) is 0 Å². The molecule has 2 aliphatic rings. The summed E-state index contributed by atoms with van der Waals surface area (Å²) < 4.78 is 0. The first-order valence-electron chi connectivity index (χ1n) is 5.19. The number of nitrogens with zero attached hydrogens (tertiary/aromatic N) is 2. The van der Waals surface area contributed by atoms with Crippen molar-refractivity contribution in [2.75, 3.05) is 13.2 Å². The van der Waals surface area contributed by atoms with E-state index in [4.69, 9.17) is 5.11 Å². The van der Waals surface area contributed by atoms with Crippen LogP contribution in [0.25, 0.3) is 0 Å². The van der Waals surface area contributed by atoms with Crippen LogP contribution in [0.3, 0.4) is 0 Å². The highest BCUT2D eigenvalue weighted by molar-refractivity contribution is 5.99. The molecule has 0 aliphatic carbocycles. The van der Waals surface area contributed by atoms with Crippen molar-refractivity contribution in [2.24, 2.45) is 10.9 Å². The minimum absolute atomic E-state index is 0.282. The van der Waals surface area contributed by atoms with E-state index in [9.17, 15) is 0 Å². The summed E-state index contributed by atoms with van der Waals surface area (Å²) in [6.07, 6.45) is 2.33. The molecule has 74 valence electrons. The van der Waals surface area contributed by atoms with Crippen molar-refractivity contribution < 1.29 is 5.11 Å². The van der Waals surface area contributed by atoms with E-state index in [0.29, 0.717) is 18.0 Å². The van der Waals surface area contributed by atoms with E-state index < -0.39 is 0 Å². The molecule has 2 heterocycles. The van der Waals surface area contributed by atoms with Crippen molar-refractivity contribution in [3.63, 3.8) is 0 Å². The minimum atomic E-state index is 0.282. The van der Waals surface area contributed by atoms with Crippen LogP contribution >= 0.6 is 0 Å². The largest absolute Gasteiger partial charge is 0.394 e. The molecule has 13 heavy (non-hydrogen) atoms. The van der Waals surface area contributed by atoms with Gasteiger partial charge < -0.3 is 10.0 Å². The van der Waals surface area contributed by atoms with Crippen molar-refractivity contribution in [1.29, 1.82) is 0 Å². The van der Waals surface area contributed by atoms with Crippen molar-refractivity contribution in [3.8, 4) is 0 Å². The van der Waals surface area contributed by atoms with Gasteiger partial charge in [0.25, 0.3) is 0 Å². The van der Waals surface area contributed by atoms with Gasteiger partial charge in [0, 0.05) is 6.54 Å². The number of aliphatic imine (C=N–C) groups is 1. The van der Waals surface area contributed by atoms with Gasteiger partial charge in [-0.2, -0.15) is 0 Å². The van der Waals surface area contributed by atoms with E-state index in [1.54, 1.807) is 0 Å². The molecule has 0 aromatic heterocycles. The molecule has 0 saturated carbocycles. The van der Waals surface area contributed by atoms with Gasteiger partial charge in [0.1, 0.15) is 11.9 Å². The first-order valence-corrected chi connectivity index (χ1v) is 5.19. The van der Waals surface area contributed by atoms with Crippen LogP contribution in [-0.2, 0) is 0 Å². The van der Waals surface area contributed by atoms with Crippen molar-refractivity contribution >= 4 is 5.84 Å². The summed E-state index contributed by atoms with van der Waals surface area (Å²) in [4.78, 5) is 6.76. The maximum absolute atomic E-state index is 9.14. The van der Waals surface area contributed by atoms with Gasteiger partial charge in [-0.1, -0.05) is 13.8 Å². The van der Waals surface area contributed by atoms with Crippen LogP contribution in [0.5, 0.6) is 0 Å². The molecule has 0 amide bonds. The molecule has 1 N–H and O–H groups in total. The van der Waals surface area contributed by atoms with Crippen LogP contribution in [0, 0.1) is 5.92 Å². The van der Waals surface area contributed by atoms with Crippen LogP contribution in [0.15, 0.2) is 4.99 Å². The highest BCUT2D eigenvalue weighted by atomic mass is 16.3. The van der Waals surface area contributed by atoms with Crippen LogP contribution < -0.4 is 0 Å². The fourth-order valence-electron chi connectivity index (χ4n) is 2.12. The number of aliphatic hydroxyl groups excluding tert-OH is 1. The average molecular weight is 182 g/mol. The molecule has 0 bridgehead atoms. The number of aliphatic hydroxyl groups is 1. The van der Waals surface area contributed by atoms with Gasteiger partial charge in [-0.15, -0.1) is 0 Å². The molecule has 1 saturated heterocycles. The van der Waals surface area contributed by atoms with Crippen LogP contribution in [0.2, 0.25) is 0 Å². The topological polar surface area (TPSA) is 35.8 Å². The lowest BCUT2D eigenvalue weighted by molar-refractivity contribution is 0.209. The number of amidine groups is 1. The van der Waals surface area contributed by atoms with Gasteiger partial charge >= 0.3 is 0 Å². The predicted octanol–water partition coefficient (Wildman–Crippen LogP) is 0.880. The lowest BCUT2D eigenvalue weighted by atomic mass is 10.1. The fraction of sp³-hybridized carbons (Fsp3) is 0.900. The highest BCUT2D eigenvalue weighted by Crippen LogP contribution is 2.29. The Kier molecular flexibility index (Phi) is 2.28. The maximum atomic E-state index is 9.14. The maximum Gasteiger partial charge on any atom is 0.125 e. The molecule has 0 radical (unpaired) electrons. The molecule has 2 rings (SSSR count). The van der Waals surface area contributed by atoms with Crippen molar-refractivity contribution in [1.82, 2.24) is 4.90 Å². The zero-order valence-electron chi connectivity index (χ0n) is 8.40. The molecule has 1 fully saturated rings. The molecule has 2 atom stereocenters. The molecule has 0 spiro atoms. The average Bonchev–Trinajstić information content (AvgIpc) is 2.77. The predicted molar refractivity (Wildman–Crippen MR) is 52.9 cm³/mol. The Hall–Kier alpha value is -0.570. The van der Waals surface area contributed by atoms with E-state index in [1.165, 1.54) is 12.3 Å². The summed E-state index contributed by atoms with van der Waals surface area (Å²) >= 11 is 0. The van der Waals surface area contributed by atoms with Crippen molar-refractivity contribution in [3.05, 3.63) is 0 Å². The number of rotatable bonds is 2. The van der Waals surface area contributed by atoms with Crippen molar-refractivity contribution in [2.45, 2.75) is 38.8 Å². The third-order valence-electron chi connectivity index (χ3n) is 2.98. The molecule has 0 aromatic rings. The summed E-state index contributed by atoms with van der Waals surface area (Å²) in [7, 11) is 0. The minimum Gasteiger partial charge on any atom is -0.394 e. The standard InChI is InChI=1S/C10H18N2O/c1-7(2)9-10(11-9)12-5-3-4-8(12)6-13/h7-9,13H,3-6H2,1-2H3. The van der Waals surface area contributed by atoms with Gasteiger partial charge in [-0.25, -0.2) is 0 Å². The first kappa shape index (κ1) is 9.00. The Labute approximate surface area is 79.5 Å². The Morgan fingerprint density at radius 3 is 2.92 bits per heavy atom. The van der Waals surface area contributed by atoms with Crippen LogP contribution in [0.1, 0.15) is 26.7 Å². The molecule has 2 unspecified atom stereocenters. The van der Waals surface area contributed by atoms with Crippen LogP contribution in [0.4, 0.5) is 0 Å². The lowest BCUT2D eigenvalue weighted by Crippen LogP contribution is -2.36. The zero-order valence-corrected chi connectivity index (χ0v) is 8.40. The number of likely N-dealkylation sites (tertiary alicyclic amines) is 1. The first-order chi connectivity index (χ1) is 6.24. The van der Waals surface area contributed by atoms with Gasteiger partial charge in [-0.3, -0.25) is 4.99 Å². The highest BCUT2D eigenvalue weighted by Gasteiger charge is 2.39. The summed E-state index contributed by atoms with van der Waals surface area (Å²) in [6.45, 7) is 5.77. The summed E-state index contributed by atoms with van der Waals surface area (Å²) in [6, 6.07) is 0.801. The number of hydrogen-bond acceptors (Lipinski definition) is 3. The normalized spacial score (nSPS) is 32.6. The lowest BCUT2D eigenvalue weighted by Gasteiger charge is -2.21. The molecule has 3 nitrogen and oxygen atoms in total. The second-order valence-corrected chi connectivity index (χ2v) is 4.35. The Morgan fingerprint density at radius 2 is 2.38 bits per heavy atom. The quantitative estimate of drug-likeness (QED) is 0.688. The second kappa shape index (κ2) is 3.29. The SMILES string of the molecule is CC(C)C1N=C1N1CCCC1CO. The monoisotopic (exact) mass is 182 g/mol. The second-order valence-electron chi connectivity index (χ2n) is 4.35. The molecule has 3 heteroatoms. The van der Waals surface area contributed by atoms with Gasteiger partial charge in [0.15, 0.2) is 0 Å². The molecular weight excluding hydrogens is 164 g/mol. The number of hydrogen-bond donors (Lipinski definition) is 1. The molecule has 2 aliphatic heterocycles. The van der Waals surface area contributed by atoms with E-state index in [1.807, 2.05) is 0 Å². The molecular formula is C10H18N2O. The summed E-state index contributed by atoms with van der Waals surface area (Å²) in [5, 5.41) is 9.14. The Morgan fingerprint density at radius 1 is 1.62 bits per heavy atom. The zero-order chi connectivity index (χ0) is 9.42. The van der Waals surface area contributed by atoms with E-state index in [0.717, 1.165) is 13.0 Å². The Balaban J connectivity index is 1.92. The fourth-order valence-corrected chi connectivity index (χ4v) is 2.12. The van der Waals surface area contributed by atoms with E-state index in [-0.39, 0.29) is 6.61 Å². The van der Waals surface area contributed by atoms with Gasteiger partial charge in [-0.05, 0) is 18.8 Å². The Bertz CT molecular complexity index is 225. The van der Waals surface area contributed by atoms with Gasteiger partial charge in [0.05, 0.1) is 12.6 Å². The van der Waals surface area contributed by atoms with Crippen LogP contribution in [-0.4, -0.2) is 41.1 Å². The third-order valence-corrected chi connectivity index (χ3v) is 2.98.